The maximum absolute atomic E-state index is 12.1. The van der Waals surface area contributed by atoms with Gasteiger partial charge < -0.3 is 20.9 Å². The van der Waals surface area contributed by atoms with Crippen molar-refractivity contribution < 1.29 is 14.4 Å². The first-order chi connectivity index (χ1) is 12.4. The molecule has 0 aromatic heterocycles. The number of urea groups is 1. The van der Waals surface area contributed by atoms with Crippen molar-refractivity contribution >= 4 is 47.8 Å². The summed E-state index contributed by atoms with van der Waals surface area (Å²) in [5, 5.41) is 11.3. The van der Waals surface area contributed by atoms with Gasteiger partial charge in [-0.05, 0) is 45.4 Å². The van der Waals surface area contributed by atoms with Crippen molar-refractivity contribution in [3.05, 3.63) is 0 Å². The maximum atomic E-state index is 12.1. The minimum atomic E-state index is -0.844. The first-order valence-corrected chi connectivity index (χ1v) is 9.38. The van der Waals surface area contributed by atoms with Gasteiger partial charge in [0.15, 0.2) is 5.96 Å². The van der Waals surface area contributed by atoms with E-state index in [9.17, 15) is 14.4 Å². The van der Waals surface area contributed by atoms with E-state index in [2.05, 4.69) is 31.2 Å². The molecule has 0 bridgehead atoms. The Balaban J connectivity index is 0.00000261. The third kappa shape index (κ3) is 5.23. The summed E-state index contributed by atoms with van der Waals surface area (Å²) in [5.41, 5.74) is -0.844. The number of hydrogen-bond acceptors (Lipinski definition) is 4. The lowest BCUT2D eigenvalue weighted by Gasteiger charge is -2.39. The Kier molecular flexibility index (Phi) is 7.29. The fourth-order valence-corrected chi connectivity index (χ4v) is 3.59. The van der Waals surface area contributed by atoms with Crippen molar-refractivity contribution in [2.75, 3.05) is 26.2 Å². The van der Waals surface area contributed by atoms with E-state index in [4.69, 9.17) is 0 Å². The van der Waals surface area contributed by atoms with Crippen LogP contribution < -0.4 is 21.3 Å². The smallest absolute Gasteiger partial charge is 0.322 e. The molecule has 1 atom stereocenters. The standard InChI is InChI=1S/C17H28N6O3.HI/c1-3-18-15(19-10-13(24)20-12-4-5-12)23-8-6-11(7-9-23)17(2)14(25)21-16(26)22-17;/h11-12H,3-10H2,1-2H3,(H,18,19)(H,20,24)(H2,21,22,25,26);1H. The first-order valence-electron chi connectivity index (χ1n) is 9.38. The van der Waals surface area contributed by atoms with E-state index < -0.39 is 11.6 Å². The van der Waals surface area contributed by atoms with E-state index in [1.165, 1.54) is 0 Å². The van der Waals surface area contributed by atoms with Gasteiger partial charge in [0.05, 0.1) is 0 Å². The number of amides is 4. The van der Waals surface area contributed by atoms with Crippen molar-refractivity contribution in [3.8, 4) is 0 Å². The third-order valence-corrected chi connectivity index (χ3v) is 5.33. The highest BCUT2D eigenvalue weighted by Gasteiger charge is 2.48. The summed E-state index contributed by atoms with van der Waals surface area (Å²) in [6, 6.07) is -0.0824. The Labute approximate surface area is 176 Å². The van der Waals surface area contributed by atoms with Gasteiger partial charge in [-0.15, -0.1) is 24.0 Å². The first kappa shape index (κ1) is 21.7. The van der Waals surface area contributed by atoms with Gasteiger partial charge in [-0.2, -0.15) is 0 Å². The molecule has 152 valence electrons. The zero-order valence-corrected chi connectivity index (χ0v) is 18.2. The molecule has 0 radical (unpaired) electrons. The molecule has 2 aliphatic heterocycles. The molecular weight excluding hydrogens is 463 g/mol. The highest BCUT2D eigenvalue weighted by molar-refractivity contribution is 14.0. The zero-order chi connectivity index (χ0) is 18.7. The molecule has 4 amide bonds. The molecule has 9 nitrogen and oxygen atoms in total. The molecule has 1 aliphatic carbocycles. The van der Waals surface area contributed by atoms with Gasteiger partial charge in [0.25, 0.3) is 5.91 Å². The lowest BCUT2D eigenvalue weighted by molar-refractivity contribution is -0.125. The molecule has 0 aromatic carbocycles. The number of imide groups is 1. The number of nitrogens with zero attached hydrogens (tertiary/aromatic N) is 2. The van der Waals surface area contributed by atoms with Crippen LogP contribution in [-0.2, 0) is 9.59 Å². The molecular formula is C17H29IN6O3. The summed E-state index contributed by atoms with van der Waals surface area (Å²) < 4.78 is 0. The van der Waals surface area contributed by atoms with Crippen LogP contribution in [0.3, 0.4) is 0 Å². The lowest BCUT2D eigenvalue weighted by Crippen LogP contribution is -2.55. The molecule has 4 N–H and O–H groups in total. The molecule has 3 aliphatic rings. The number of guanidine groups is 1. The summed E-state index contributed by atoms with van der Waals surface area (Å²) in [5.74, 6) is 0.502. The topological polar surface area (TPSA) is 115 Å². The Morgan fingerprint density at radius 1 is 1.26 bits per heavy atom. The van der Waals surface area contributed by atoms with Gasteiger partial charge in [0.1, 0.15) is 12.1 Å². The molecule has 1 saturated carbocycles. The Bertz CT molecular complexity index is 616. The van der Waals surface area contributed by atoms with Crippen LogP contribution in [0.4, 0.5) is 4.79 Å². The summed E-state index contributed by atoms with van der Waals surface area (Å²) in [4.78, 5) is 42.0. The van der Waals surface area contributed by atoms with Gasteiger partial charge in [-0.1, -0.05) is 0 Å². The molecule has 0 spiro atoms. The number of rotatable bonds is 5. The van der Waals surface area contributed by atoms with Gasteiger partial charge in [-0.25, -0.2) is 9.79 Å². The van der Waals surface area contributed by atoms with Crippen molar-refractivity contribution in [1.82, 2.24) is 26.2 Å². The van der Waals surface area contributed by atoms with E-state index in [1.54, 1.807) is 6.92 Å². The minimum absolute atomic E-state index is 0. The molecule has 3 fully saturated rings. The average molecular weight is 492 g/mol. The number of carbonyl (C=O) groups excluding carboxylic acids is 3. The van der Waals surface area contributed by atoms with Crippen LogP contribution in [0, 0.1) is 5.92 Å². The molecule has 0 aromatic rings. The highest BCUT2D eigenvalue weighted by atomic mass is 127. The molecule has 27 heavy (non-hydrogen) atoms. The number of carbonyl (C=O) groups is 3. The monoisotopic (exact) mass is 492 g/mol. The van der Waals surface area contributed by atoms with E-state index in [1.807, 2.05) is 6.92 Å². The fourth-order valence-electron chi connectivity index (χ4n) is 3.59. The third-order valence-electron chi connectivity index (χ3n) is 5.33. The quantitative estimate of drug-likeness (QED) is 0.189. The fraction of sp³-hybridized carbons (Fsp3) is 0.765. The number of hydrogen-bond donors (Lipinski definition) is 4. The number of halogens is 1. The Hall–Kier alpha value is -1.59. The second-order valence-corrected chi connectivity index (χ2v) is 7.38. The van der Waals surface area contributed by atoms with Crippen LogP contribution in [0.25, 0.3) is 0 Å². The average Bonchev–Trinajstić information content (AvgIpc) is 3.37. The van der Waals surface area contributed by atoms with Crippen LogP contribution in [0.2, 0.25) is 0 Å². The van der Waals surface area contributed by atoms with E-state index in [0.29, 0.717) is 6.04 Å². The van der Waals surface area contributed by atoms with Crippen LogP contribution >= 0.6 is 24.0 Å². The van der Waals surface area contributed by atoms with Crippen molar-refractivity contribution in [2.45, 2.75) is 51.1 Å². The van der Waals surface area contributed by atoms with Crippen molar-refractivity contribution in [1.29, 1.82) is 0 Å². The summed E-state index contributed by atoms with van der Waals surface area (Å²) >= 11 is 0. The van der Waals surface area contributed by atoms with Gasteiger partial charge in [0.2, 0.25) is 5.91 Å². The summed E-state index contributed by atoms with van der Waals surface area (Å²) in [6.07, 6.45) is 3.66. The zero-order valence-electron chi connectivity index (χ0n) is 15.8. The van der Waals surface area contributed by atoms with E-state index >= 15 is 0 Å². The normalized spacial score (nSPS) is 26.1. The van der Waals surface area contributed by atoms with E-state index in [-0.39, 0.29) is 48.3 Å². The van der Waals surface area contributed by atoms with Crippen LogP contribution in [0.15, 0.2) is 4.99 Å². The molecule has 10 heteroatoms. The summed E-state index contributed by atoms with van der Waals surface area (Å²) in [7, 11) is 0. The lowest BCUT2D eigenvalue weighted by atomic mass is 9.79. The number of likely N-dealkylation sites (tertiary alicyclic amines) is 1. The molecule has 2 heterocycles. The van der Waals surface area contributed by atoms with E-state index in [0.717, 1.165) is 51.3 Å². The Morgan fingerprint density at radius 2 is 1.93 bits per heavy atom. The van der Waals surface area contributed by atoms with Gasteiger partial charge in [0, 0.05) is 25.7 Å². The summed E-state index contributed by atoms with van der Waals surface area (Å²) in [6.45, 7) is 6.06. The number of nitrogens with one attached hydrogen (secondary N) is 4. The van der Waals surface area contributed by atoms with Crippen molar-refractivity contribution in [3.63, 3.8) is 0 Å². The number of piperidine rings is 1. The largest absolute Gasteiger partial charge is 0.357 e. The highest BCUT2D eigenvalue weighted by Crippen LogP contribution is 2.30. The number of aliphatic imine (C=N–C) groups is 1. The SMILES string of the molecule is CCNC(=NCC(=O)NC1CC1)N1CCC(C2(C)NC(=O)NC2=O)CC1.I. The van der Waals surface area contributed by atoms with Crippen LogP contribution in [0.5, 0.6) is 0 Å². The molecule has 1 unspecified atom stereocenters. The minimum Gasteiger partial charge on any atom is -0.357 e. The van der Waals surface area contributed by atoms with Crippen molar-refractivity contribution in [2.24, 2.45) is 10.9 Å². The van der Waals surface area contributed by atoms with Gasteiger partial charge >= 0.3 is 6.03 Å². The van der Waals surface area contributed by atoms with Crippen LogP contribution in [-0.4, -0.2) is 66.5 Å². The maximum Gasteiger partial charge on any atom is 0.322 e. The second-order valence-electron chi connectivity index (χ2n) is 7.38. The molecule has 3 rings (SSSR count). The van der Waals surface area contributed by atoms with Gasteiger partial charge in [-0.3, -0.25) is 14.9 Å². The van der Waals surface area contributed by atoms with Crippen LogP contribution in [0.1, 0.15) is 39.5 Å². The Morgan fingerprint density at radius 3 is 2.44 bits per heavy atom. The predicted octanol–water partition coefficient (Wildman–Crippen LogP) is 0.159. The second kappa shape index (κ2) is 9.07. The molecule has 2 saturated heterocycles. The predicted molar refractivity (Wildman–Crippen MR) is 112 cm³/mol.